The van der Waals surface area contributed by atoms with E-state index in [1.165, 1.54) is 0 Å². The molecule has 1 heterocycles. The Bertz CT molecular complexity index is 947. The maximum absolute atomic E-state index is 12.7. The van der Waals surface area contributed by atoms with E-state index in [1.807, 2.05) is 72.8 Å². The predicted molar refractivity (Wildman–Crippen MR) is 103 cm³/mol. The van der Waals surface area contributed by atoms with Gasteiger partial charge in [-0.05, 0) is 17.0 Å². The molecule has 4 rings (SSSR count). The smallest absolute Gasteiger partial charge is 0.229 e. The number of rotatable bonds is 4. The molecule has 4 nitrogen and oxygen atoms in total. The summed E-state index contributed by atoms with van der Waals surface area (Å²) in [5.74, 6) is -0.373. The van der Waals surface area contributed by atoms with E-state index in [0.717, 1.165) is 22.0 Å². The number of hydrogen-bond acceptors (Lipinski definition) is 2. The van der Waals surface area contributed by atoms with Crippen molar-refractivity contribution in [2.75, 3.05) is 11.9 Å². The quantitative estimate of drug-likeness (QED) is 0.782. The Balaban J connectivity index is 1.46. The molecule has 1 saturated heterocycles. The van der Waals surface area contributed by atoms with Crippen LogP contribution in [0.1, 0.15) is 12.0 Å². The molecule has 3 aromatic carbocycles. The van der Waals surface area contributed by atoms with Crippen LogP contribution in [0.2, 0.25) is 0 Å². The summed E-state index contributed by atoms with van der Waals surface area (Å²) in [6.45, 7) is 1.02. The lowest BCUT2D eigenvalue weighted by Crippen LogP contribution is -2.28. The number of hydrogen-bond donors (Lipinski definition) is 1. The highest BCUT2D eigenvalue weighted by Gasteiger charge is 2.34. The van der Waals surface area contributed by atoms with Crippen LogP contribution in [0.15, 0.2) is 72.8 Å². The zero-order valence-corrected chi connectivity index (χ0v) is 14.4. The van der Waals surface area contributed by atoms with Crippen molar-refractivity contribution in [3.8, 4) is 0 Å². The molecule has 130 valence electrons. The van der Waals surface area contributed by atoms with Gasteiger partial charge in [0.1, 0.15) is 0 Å². The lowest BCUT2D eigenvalue weighted by Gasteiger charge is -2.17. The lowest BCUT2D eigenvalue weighted by molar-refractivity contribution is -0.128. The molecule has 1 atom stereocenters. The third-order valence-corrected chi connectivity index (χ3v) is 4.85. The van der Waals surface area contributed by atoms with Crippen molar-refractivity contribution in [3.05, 3.63) is 78.4 Å². The van der Waals surface area contributed by atoms with Crippen molar-refractivity contribution in [1.29, 1.82) is 0 Å². The second kappa shape index (κ2) is 7.00. The predicted octanol–water partition coefficient (Wildman–Crippen LogP) is 3.83. The Kier molecular flexibility index (Phi) is 4.40. The minimum Gasteiger partial charge on any atom is -0.338 e. The van der Waals surface area contributed by atoms with Crippen molar-refractivity contribution in [2.24, 2.45) is 5.92 Å². The maximum atomic E-state index is 12.7. The summed E-state index contributed by atoms with van der Waals surface area (Å²) in [5, 5.41) is 5.10. The first-order chi connectivity index (χ1) is 12.7. The Labute approximate surface area is 152 Å². The first-order valence-corrected chi connectivity index (χ1v) is 8.81. The van der Waals surface area contributed by atoms with Gasteiger partial charge in [-0.1, -0.05) is 66.7 Å². The molecule has 1 fully saturated rings. The van der Waals surface area contributed by atoms with Crippen LogP contribution in [0.4, 0.5) is 5.69 Å². The highest BCUT2D eigenvalue weighted by atomic mass is 16.2. The van der Waals surface area contributed by atoms with Crippen molar-refractivity contribution < 1.29 is 9.59 Å². The summed E-state index contributed by atoms with van der Waals surface area (Å²) >= 11 is 0. The summed E-state index contributed by atoms with van der Waals surface area (Å²) in [4.78, 5) is 26.8. The van der Waals surface area contributed by atoms with Crippen LogP contribution in [0.5, 0.6) is 0 Å². The van der Waals surface area contributed by atoms with Crippen LogP contribution in [0.25, 0.3) is 10.8 Å². The van der Waals surface area contributed by atoms with Gasteiger partial charge >= 0.3 is 0 Å². The van der Waals surface area contributed by atoms with Gasteiger partial charge in [-0.3, -0.25) is 9.59 Å². The Morgan fingerprint density at radius 3 is 2.54 bits per heavy atom. The van der Waals surface area contributed by atoms with Crippen LogP contribution in [-0.4, -0.2) is 23.3 Å². The SMILES string of the molecule is O=C(Nc1cccc2ccccc12)C1CC(=O)N(Cc2ccccc2)C1. The van der Waals surface area contributed by atoms with Crippen molar-refractivity contribution >= 4 is 28.3 Å². The number of amides is 2. The van der Waals surface area contributed by atoms with E-state index in [2.05, 4.69) is 5.32 Å². The topological polar surface area (TPSA) is 49.4 Å². The number of anilines is 1. The van der Waals surface area contributed by atoms with Gasteiger partial charge in [-0.2, -0.15) is 0 Å². The van der Waals surface area contributed by atoms with Crippen LogP contribution in [0, 0.1) is 5.92 Å². The molecule has 0 aromatic heterocycles. The minimum atomic E-state index is -0.315. The standard InChI is InChI=1S/C22H20N2O2/c25-21-13-18(15-24(21)14-16-7-2-1-3-8-16)22(26)23-20-12-6-10-17-9-4-5-11-19(17)20/h1-12,18H,13-15H2,(H,23,26). The van der Waals surface area contributed by atoms with Crippen LogP contribution in [0.3, 0.4) is 0 Å². The van der Waals surface area contributed by atoms with E-state index >= 15 is 0 Å². The summed E-state index contributed by atoms with van der Waals surface area (Å²) in [6.07, 6.45) is 0.267. The number of nitrogens with one attached hydrogen (secondary N) is 1. The average Bonchev–Trinajstić information content (AvgIpc) is 3.03. The fourth-order valence-electron chi connectivity index (χ4n) is 3.47. The Hall–Kier alpha value is -3.14. The monoisotopic (exact) mass is 344 g/mol. The van der Waals surface area contributed by atoms with E-state index in [-0.39, 0.29) is 24.2 Å². The zero-order chi connectivity index (χ0) is 17.9. The lowest BCUT2D eigenvalue weighted by atomic mass is 10.1. The molecule has 1 aliphatic heterocycles. The van der Waals surface area contributed by atoms with Crippen LogP contribution < -0.4 is 5.32 Å². The molecular formula is C22H20N2O2. The number of benzene rings is 3. The average molecular weight is 344 g/mol. The number of likely N-dealkylation sites (tertiary alicyclic amines) is 1. The summed E-state index contributed by atoms with van der Waals surface area (Å²) in [6, 6.07) is 23.7. The largest absolute Gasteiger partial charge is 0.338 e. The number of carbonyl (C=O) groups is 2. The van der Waals surface area contributed by atoms with Gasteiger partial charge in [0, 0.05) is 30.6 Å². The van der Waals surface area contributed by atoms with Gasteiger partial charge in [0.25, 0.3) is 0 Å². The van der Waals surface area contributed by atoms with Gasteiger partial charge in [0.15, 0.2) is 0 Å². The fourth-order valence-corrected chi connectivity index (χ4v) is 3.47. The van der Waals surface area contributed by atoms with Gasteiger partial charge in [0.2, 0.25) is 11.8 Å². The highest BCUT2D eigenvalue weighted by molar-refractivity contribution is 6.04. The van der Waals surface area contributed by atoms with E-state index < -0.39 is 0 Å². The molecule has 2 amide bonds. The molecule has 1 unspecified atom stereocenters. The first kappa shape index (κ1) is 16.3. The van der Waals surface area contributed by atoms with Gasteiger partial charge < -0.3 is 10.2 Å². The first-order valence-electron chi connectivity index (χ1n) is 8.81. The molecule has 3 aromatic rings. The molecule has 4 heteroatoms. The molecule has 0 spiro atoms. The minimum absolute atomic E-state index is 0.0342. The molecule has 0 saturated carbocycles. The van der Waals surface area contributed by atoms with E-state index in [9.17, 15) is 9.59 Å². The molecule has 0 bridgehead atoms. The summed E-state index contributed by atoms with van der Waals surface area (Å²) in [5.41, 5.74) is 1.87. The highest BCUT2D eigenvalue weighted by Crippen LogP contribution is 2.26. The summed E-state index contributed by atoms with van der Waals surface area (Å²) in [7, 11) is 0. The van der Waals surface area contributed by atoms with Crippen LogP contribution in [-0.2, 0) is 16.1 Å². The third kappa shape index (κ3) is 3.31. The molecular weight excluding hydrogens is 324 g/mol. The van der Waals surface area contributed by atoms with Crippen molar-refractivity contribution in [3.63, 3.8) is 0 Å². The second-order valence-electron chi connectivity index (χ2n) is 6.68. The van der Waals surface area contributed by atoms with E-state index in [1.54, 1.807) is 4.90 Å². The van der Waals surface area contributed by atoms with Gasteiger partial charge in [0.05, 0.1) is 5.92 Å². The molecule has 26 heavy (non-hydrogen) atoms. The number of nitrogens with zero attached hydrogens (tertiary/aromatic N) is 1. The maximum Gasteiger partial charge on any atom is 0.229 e. The van der Waals surface area contributed by atoms with E-state index in [4.69, 9.17) is 0 Å². The number of carbonyl (C=O) groups excluding carboxylic acids is 2. The molecule has 1 aliphatic rings. The Morgan fingerprint density at radius 1 is 0.962 bits per heavy atom. The van der Waals surface area contributed by atoms with Crippen molar-refractivity contribution in [1.82, 2.24) is 4.90 Å². The van der Waals surface area contributed by atoms with Crippen molar-refractivity contribution in [2.45, 2.75) is 13.0 Å². The Morgan fingerprint density at radius 2 is 1.69 bits per heavy atom. The van der Waals surface area contributed by atoms with Gasteiger partial charge in [-0.15, -0.1) is 0 Å². The summed E-state index contributed by atoms with van der Waals surface area (Å²) < 4.78 is 0. The molecule has 0 aliphatic carbocycles. The van der Waals surface area contributed by atoms with E-state index in [0.29, 0.717) is 13.1 Å². The third-order valence-electron chi connectivity index (χ3n) is 4.85. The van der Waals surface area contributed by atoms with Gasteiger partial charge in [-0.25, -0.2) is 0 Å². The number of fused-ring (bicyclic) bond motifs is 1. The fraction of sp³-hybridized carbons (Fsp3) is 0.182. The van der Waals surface area contributed by atoms with Crippen LogP contribution >= 0.6 is 0 Å². The zero-order valence-electron chi connectivity index (χ0n) is 14.4. The molecule has 0 radical (unpaired) electrons. The second-order valence-corrected chi connectivity index (χ2v) is 6.68. The molecule has 1 N–H and O–H groups in total. The normalized spacial score (nSPS) is 16.8.